The summed E-state index contributed by atoms with van der Waals surface area (Å²) in [5.41, 5.74) is 2.78. The van der Waals surface area contributed by atoms with E-state index in [1.54, 1.807) is 7.05 Å². The van der Waals surface area contributed by atoms with Crippen molar-refractivity contribution in [3.05, 3.63) is 35.4 Å². The maximum Gasteiger partial charge on any atom is 0.237 e. The van der Waals surface area contributed by atoms with Crippen LogP contribution in [0.4, 0.5) is 0 Å². The predicted molar refractivity (Wildman–Crippen MR) is 83.9 cm³/mol. The molecule has 1 saturated heterocycles. The lowest BCUT2D eigenvalue weighted by atomic mass is 9.92. The molecule has 0 saturated carbocycles. The minimum absolute atomic E-state index is 0.0277. The summed E-state index contributed by atoms with van der Waals surface area (Å²) in [5.74, 6) is 0.171. The molecule has 2 N–H and O–H groups in total. The van der Waals surface area contributed by atoms with Crippen LogP contribution >= 0.6 is 0 Å². The van der Waals surface area contributed by atoms with Gasteiger partial charge >= 0.3 is 0 Å². The van der Waals surface area contributed by atoms with E-state index in [9.17, 15) is 4.79 Å². The molecule has 1 aromatic rings. The Labute approximate surface area is 126 Å². The van der Waals surface area contributed by atoms with Gasteiger partial charge in [0.1, 0.15) is 0 Å². The van der Waals surface area contributed by atoms with Crippen LogP contribution in [0.3, 0.4) is 0 Å². The molecule has 1 fully saturated rings. The van der Waals surface area contributed by atoms with Gasteiger partial charge in [0.05, 0.1) is 6.04 Å². The number of fused-ring (bicyclic) bond motifs is 1. The molecule has 2 atom stereocenters. The zero-order chi connectivity index (χ0) is 14.7. The molecule has 0 aromatic heterocycles. The lowest BCUT2D eigenvalue weighted by Gasteiger charge is -2.40. The van der Waals surface area contributed by atoms with Crippen molar-refractivity contribution < 1.29 is 4.79 Å². The Bertz CT molecular complexity index is 503. The third-order valence-electron chi connectivity index (χ3n) is 4.82. The summed E-state index contributed by atoms with van der Waals surface area (Å²) in [5, 5.41) is 6.35. The SMILES string of the molecule is CNC(=O)C1CCCCN1C1CCNCc2ccccc21. The standard InChI is InChI=1S/C17H25N3O/c1-18-17(21)16-8-4-5-11-20(16)15-9-10-19-12-13-6-2-3-7-14(13)15/h2-3,6-7,15-16,19H,4-5,8-12H2,1H3,(H,18,21). The Morgan fingerprint density at radius 2 is 2.14 bits per heavy atom. The first-order chi connectivity index (χ1) is 10.3. The molecule has 114 valence electrons. The van der Waals surface area contributed by atoms with Crippen LogP contribution in [0.15, 0.2) is 24.3 Å². The summed E-state index contributed by atoms with van der Waals surface area (Å²) in [6, 6.07) is 9.06. The van der Waals surface area contributed by atoms with Crippen LogP contribution in [0, 0.1) is 0 Å². The van der Waals surface area contributed by atoms with Crippen molar-refractivity contribution in [2.75, 3.05) is 20.1 Å². The fraction of sp³-hybridized carbons (Fsp3) is 0.588. The first kappa shape index (κ1) is 14.5. The van der Waals surface area contributed by atoms with Gasteiger partial charge in [0, 0.05) is 19.6 Å². The van der Waals surface area contributed by atoms with Crippen LogP contribution in [0.2, 0.25) is 0 Å². The highest BCUT2D eigenvalue weighted by Crippen LogP contribution is 2.34. The highest BCUT2D eigenvalue weighted by Gasteiger charge is 2.34. The van der Waals surface area contributed by atoms with E-state index in [0.29, 0.717) is 6.04 Å². The zero-order valence-corrected chi connectivity index (χ0v) is 12.8. The first-order valence-electron chi connectivity index (χ1n) is 8.07. The highest BCUT2D eigenvalue weighted by atomic mass is 16.2. The van der Waals surface area contributed by atoms with Crippen molar-refractivity contribution in [1.29, 1.82) is 0 Å². The van der Waals surface area contributed by atoms with Crippen molar-refractivity contribution in [2.45, 2.75) is 44.3 Å². The number of hydrogen-bond acceptors (Lipinski definition) is 3. The smallest absolute Gasteiger partial charge is 0.237 e. The zero-order valence-electron chi connectivity index (χ0n) is 12.8. The minimum atomic E-state index is 0.0277. The fourth-order valence-electron chi connectivity index (χ4n) is 3.76. The van der Waals surface area contributed by atoms with E-state index in [4.69, 9.17) is 0 Å². The molecule has 21 heavy (non-hydrogen) atoms. The lowest BCUT2D eigenvalue weighted by Crippen LogP contribution is -2.50. The van der Waals surface area contributed by atoms with Gasteiger partial charge in [-0.25, -0.2) is 0 Å². The Morgan fingerprint density at radius 1 is 1.29 bits per heavy atom. The van der Waals surface area contributed by atoms with E-state index in [-0.39, 0.29) is 11.9 Å². The van der Waals surface area contributed by atoms with E-state index in [1.165, 1.54) is 17.5 Å². The van der Waals surface area contributed by atoms with Gasteiger partial charge in [-0.2, -0.15) is 0 Å². The van der Waals surface area contributed by atoms with Gasteiger partial charge in [0.2, 0.25) is 5.91 Å². The topological polar surface area (TPSA) is 44.4 Å². The Morgan fingerprint density at radius 3 is 3.00 bits per heavy atom. The second-order valence-electron chi connectivity index (χ2n) is 6.04. The molecule has 0 spiro atoms. The van der Waals surface area contributed by atoms with E-state index in [2.05, 4.69) is 39.8 Å². The maximum atomic E-state index is 12.2. The molecule has 3 rings (SSSR count). The Balaban J connectivity index is 1.91. The number of nitrogens with zero attached hydrogens (tertiary/aromatic N) is 1. The van der Waals surface area contributed by atoms with Crippen molar-refractivity contribution >= 4 is 5.91 Å². The van der Waals surface area contributed by atoms with Crippen molar-refractivity contribution in [2.24, 2.45) is 0 Å². The summed E-state index contributed by atoms with van der Waals surface area (Å²) in [4.78, 5) is 14.7. The van der Waals surface area contributed by atoms with E-state index < -0.39 is 0 Å². The Hall–Kier alpha value is -1.39. The molecule has 2 aliphatic heterocycles. The monoisotopic (exact) mass is 287 g/mol. The van der Waals surface area contributed by atoms with Gasteiger partial charge in [0.15, 0.2) is 0 Å². The second kappa shape index (κ2) is 6.58. The van der Waals surface area contributed by atoms with Crippen LogP contribution < -0.4 is 10.6 Å². The lowest BCUT2D eigenvalue weighted by molar-refractivity contribution is -0.128. The molecule has 4 heteroatoms. The first-order valence-corrected chi connectivity index (χ1v) is 8.07. The summed E-state index contributed by atoms with van der Waals surface area (Å²) in [7, 11) is 1.75. The molecule has 2 aliphatic rings. The molecular weight excluding hydrogens is 262 g/mol. The highest BCUT2D eigenvalue weighted by molar-refractivity contribution is 5.81. The van der Waals surface area contributed by atoms with Gasteiger partial charge in [-0.1, -0.05) is 30.7 Å². The van der Waals surface area contributed by atoms with Gasteiger partial charge < -0.3 is 10.6 Å². The average molecular weight is 287 g/mol. The van der Waals surface area contributed by atoms with Crippen molar-refractivity contribution in [3.63, 3.8) is 0 Å². The van der Waals surface area contributed by atoms with Gasteiger partial charge in [-0.05, 0) is 43.5 Å². The van der Waals surface area contributed by atoms with E-state index in [1.807, 2.05) is 0 Å². The number of nitrogens with one attached hydrogen (secondary N) is 2. The molecule has 0 aliphatic carbocycles. The largest absolute Gasteiger partial charge is 0.358 e. The number of likely N-dealkylation sites (N-methyl/N-ethyl adjacent to an activating group) is 1. The predicted octanol–water partition coefficient (Wildman–Crippen LogP) is 1.82. The van der Waals surface area contributed by atoms with E-state index >= 15 is 0 Å². The Kier molecular flexibility index (Phi) is 4.56. The number of carbonyl (C=O) groups excluding carboxylic acids is 1. The van der Waals surface area contributed by atoms with Crippen LogP contribution in [-0.4, -0.2) is 37.0 Å². The molecule has 2 unspecified atom stereocenters. The minimum Gasteiger partial charge on any atom is -0.358 e. The number of piperidine rings is 1. The number of hydrogen-bond donors (Lipinski definition) is 2. The third-order valence-corrected chi connectivity index (χ3v) is 4.82. The molecule has 0 bridgehead atoms. The number of benzene rings is 1. The molecule has 0 radical (unpaired) electrons. The number of carbonyl (C=O) groups is 1. The van der Waals surface area contributed by atoms with Gasteiger partial charge in [-0.15, -0.1) is 0 Å². The van der Waals surface area contributed by atoms with Crippen LogP contribution in [0.25, 0.3) is 0 Å². The number of rotatable bonds is 2. The van der Waals surface area contributed by atoms with Crippen LogP contribution in [-0.2, 0) is 11.3 Å². The molecule has 4 nitrogen and oxygen atoms in total. The number of likely N-dealkylation sites (tertiary alicyclic amines) is 1. The number of amides is 1. The quantitative estimate of drug-likeness (QED) is 0.872. The summed E-state index contributed by atoms with van der Waals surface area (Å²) in [6.45, 7) is 2.97. The maximum absolute atomic E-state index is 12.2. The third kappa shape index (κ3) is 2.97. The van der Waals surface area contributed by atoms with Crippen LogP contribution in [0.5, 0.6) is 0 Å². The summed E-state index contributed by atoms with van der Waals surface area (Å²) < 4.78 is 0. The van der Waals surface area contributed by atoms with Crippen LogP contribution in [0.1, 0.15) is 42.9 Å². The van der Waals surface area contributed by atoms with E-state index in [0.717, 1.165) is 38.9 Å². The van der Waals surface area contributed by atoms with Gasteiger partial charge in [0.25, 0.3) is 0 Å². The summed E-state index contributed by atoms with van der Waals surface area (Å²) in [6.07, 6.45) is 4.40. The van der Waals surface area contributed by atoms with Gasteiger partial charge in [-0.3, -0.25) is 9.69 Å². The van der Waals surface area contributed by atoms with Crippen molar-refractivity contribution in [1.82, 2.24) is 15.5 Å². The second-order valence-corrected chi connectivity index (χ2v) is 6.04. The molecular formula is C17H25N3O. The molecule has 2 heterocycles. The molecule has 1 aromatic carbocycles. The fourth-order valence-corrected chi connectivity index (χ4v) is 3.76. The molecule has 1 amide bonds. The summed E-state index contributed by atoms with van der Waals surface area (Å²) >= 11 is 0. The normalized spacial score (nSPS) is 26.7. The average Bonchev–Trinajstić information content (AvgIpc) is 2.76. The van der Waals surface area contributed by atoms with Crippen molar-refractivity contribution in [3.8, 4) is 0 Å².